The fourth-order valence-corrected chi connectivity index (χ4v) is 2.58. The SMILES string of the molecule is [N-]=[N+]=NCCOCCOCCOCCOCCC(=O)NCCCNCCCCNCCCN. The van der Waals surface area contributed by atoms with Gasteiger partial charge in [0.1, 0.15) is 0 Å². The molecule has 0 fully saturated rings. The Balaban J connectivity index is 3.15. The van der Waals surface area contributed by atoms with Crippen molar-refractivity contribution in [3.8, 4) is 0 Å². The van der Waals surface area contributed by atoms with Gasteiger partial charge in [0.15, 0.2) is 0 Å². The number of nitrogens with zero attached hydrogens (tertiary/aromatic N) is 3. The molecule has 0 bridgehead atoms. The summed E-state index contributed by atoms with van der Waals surface area (Å²) in [4.78, 5) is 14.4. The van der Waals surface area contributed by atoms with Crippen molar-refractivity contribution in [2.75, 3.05) is 98.7 Å². The van der Waals surface area contributed by atoms with E-state index in [1.54, 1.807) is 0 Å². The van der Waals surface area contributed by atoms with Crippen LogP contribution in [0.15, 0.2) is 5.11 Å². The largest absolute Gasteiger partial charge is 0.379 e. The van der Waals surface area contributed by atoms with Crippen LogP contribution in [0.25, 0.3) is 10.4 Å². The fourth-order valence-electron chi connectivity index (χ4n) is 2.58. The lowest BCUT2D eigenvalue weighted by molar-refractivity contribution is -0.122. The number of azide groups is 1. The van der Waals surface area contributed by atoms with Gasteiger partial charge < -0.3 is 40.6 Å². The second-order valence-electron chi connectivity index (χ2n) is 7.21. The smallest absolute Gasteiger partial charge is 0.222 e. The molecule has 0 aliphatic rings. The average Bonchev–Trinajstić information content (AvgIpc) is 2.82. The van der Waals surface area contributed by atoms with Gasteiger partial charge in [0.25, 0.3) is 0 Å². The van der Waals surface area contributed by atoms with Crippen LogP contribution in [0.4, 0.5) is 0 Å². The number of unbranched alkanes of at least 4 members (excludes halogenated alkanes) is 1. The molecular formula is C21H45N7O5. The highest BCUT2D eigenvalue weighted by Gasteiger charge is 2.00. The highest BCUT2D eigenvalue weighted by Crippen LogP contribution is 1.88. The van der Waals surface area contributed by atoms with Crippen molar-refractivity contribution < 1.29 is 23.7 Å². The summed E-state index contributed by atoms with van der Waals surface area (Å²) in [5.74, 6) is 0.00881. The topological polar surface area (TPSA) is 165 Å². The number of nitrogens with one attached hydrogen (secondary N) is 3. The molecule has 0 aromatic heterocycles. The van der Waals surface area contributed by atoms with Crippen LogP contribution in [0, 0.1) is 0 Å². The number of hydrogen-bond acceptors (Lipinski definition) is 9. The van der Waals surface area contributed by atoms with Crippen molar-refractivity contribution in [3.05, 3.63) is 10.4 Å². The first-order chi connectivity index (χ1) is 16.3. The van der Waals surface area contributed by atoms with E-state index in [4.69, 9.17) is 30.2 Å². The van der Waals surface area contributed by atoms with E-state index in [1.165, 1.54) is 0 Å². The Kier molecular flexibility index (Phi) is 27.2. The van der Waals surface area contributed by atoms with E-state index < -0.39 is 0 Å². The maximum Gasteiger partial charge on any atom is 0.222 e. The standard InChI is InChI=1S/C21H45N7O5/c22-6-3-9-24-7-1-2-8-25-10-4-11-26-21(29)5-13-30-15-17-32-19-20-33-18-16-31-14-12-27-28-23/h24-25H,1-20,22H2,(H,26,29). The van der Waals surface area contributed by atoms with Crippen LogP contribution in [0.1, 0.15) is 32.1 Å². The van der Waals surface area contributed by atoms with Gasteiger partial charge in [-0.3, -0.25) is 4.79 Å². The summed E-state index contributed by atoms with van der Waals surface area (Å²) >= 11 is 0. The molecule has 0 rings (SSSR count). The summed E-state index contributed by atoms with van der Waals surface area (Å²) in [5.41, 5.74) is 13.6. The minimum absolute atomic E-state index is 0.00881. The van der Waals surface area contributed by atoms with Gasteiger partial charge in [0.05, 0.1) is 52.9 Å². The molecule has 12 nitrogen and oxygen atoms in total. The van der Waals surface area contributed by atoms with Gasteiger partial charge in [0, 0.05) is 24.4 Å². The second kappa shape index (κ2) is 28.5. The van der Waals surface area contributed by atoms with Crippen molar-refractivity contribution >= 4 is 5.91 Å². The maximum absolute atomic E-state index is 11.8. The van der Waals surface area contributed by atoms with E-state index >= 15 is 0 Å². The third-order valence-corrected chi connectivity index (χ3v) is 4.36. The van der Waals surface area contributed by atoms with Crippen molar-refractivity contribution in [2.45, 2.75) is 32.1 Å². The normalized spacial score (nSPS) is 10.8. The van der Waals surface area contributed by atoms with Crippen LogP contribution >= 0.6 is 0 Å². The van der Waals surface area contributed by atoms with Crippen LogP contribution in [-0.2, 0) is 23.7 Å². The van der Waals surface area contributed by atoms with Crippen molar-refractivity contribution in [1.82, 2.24) is 16.0 Å². The molecule has 0 heterocycles. The molecule has 0 unspecified atom stereocenters. The molecule has 0 saturated heterocycles. The molecule has 5 N–H and O–H groups in total. The molecular weight excluding hydrogens is 430 g/mol. The Hall–Kier alpha value is -1.50. The maximum atomic E-state index is 11.8. The molecule has 0 aromatic carbocycles. The predicted molar refractivity (Wildman–Crippen MR) is 128 cm³/mol. The Bertz CT molecular complexity index is 468. The number of carbonyl (C=O) groups is 1. The minimum Gasteiger partial charge on any atom is -0.379 e. The lowest BCUT2D eigenvalue weighted by Crippen LogP contribution is -2.28. The Morgan fingerprint density at radius 1 is 0.727 bits per heavy atom. The van der Waals surface area contributed by atoms with Gasteiger partial charge in [-0.2, -0.15) is 0 Å². The zero-order valence-electron chi connectivity index (χ0n) is 20.1. The molecule has 0 radical (unpaired) electrons. The van der Waals surface area contributed by atoms with E-state index in [9.17, 15) is 4.79 Å². The van der Waals surface area contributed by atoms with E-state index in [2.05, 4.69) is 26.0 Å². The third-order valence-electron chi connectivity index (χ3n) is 4.36. The molecule has 33 heavy (non-hydrogen) atoms. The van der Waals surface area contributed by atoms with Crippen LogP contribution in [-0.4, -0.2) is 105 Å². The van der Waals surface area contributed by atoms with E-state index in [0.29, 0.717) is 72.4 Å². The van der Waals surface area contributed by atoms with Gasteiger partial charge >= 0.3 is 0 Å². The van der Waals surface area contributed by atoms with Crippen molar-refractivity contribution in [3.63, 3.8) is 0 Å². The summed E-state index contributed by atoms with van der Waals surface area (Å²) in [7, 11) is 0. The minimum atomic E-state index is 0.00881. The average molecular weight is 476 g/mol. The van der Waals surface area contributed by atoms with Gasteiger partial charge in [-0.1, -0.05) is 5.11 Å². The van der Waals surface area contributed by atoms with Gasteiger partial charge in [-0.05, 0) is 63.9 Å². The van der Waals surface area contributed by atoms with Crippen LogP contribution in [0.3, 0.4) is 0 Å². The first kappa shape index (κ1) is 31.5. The summed E-state index contributed by atoms with van der Waals surface area (Å²) in [5, 5.41) is 13.0. The monoisotopic (exact) mass is 475 g/mol. The third kappa shape index (κ3) is 28.5. The number of ether oxygens (including phenoxy) is 4. The van der Waals surface area contributed by atoms with Crippen LogP contribution in [0.5, 0.6) is 0 Å². The van der Waals surface area contributed by atoms with E-state index in [0.717, 1.165) is 58.4 Å². The molecule has 0 atom stereocenters. The predicted octanol–water partition coefficient (Wildman–Crippen LogP) is 0.568. The molecule has 0 spiro atoms. The molecule has 194 valence electrons. The molecule has 0 aliphatic heterocycles. The van der Waals surface area contributed by atoms with Crippen LogP contribution < -0.4 is 21.7 Å². The quantitative estimate of drug-likeness (QED) is 0.0579. The highest BCUT2D eigenvalue weighted by molar-refractivity contribution is 5.75. The summed E-state index contributed by atoms with van der Waals surface area (Å²) < 4.78 is 21.3. The highest BCUT2D eigenvalue weighted by atomic mass is 16.6. The van der Waals surface area contributed by atoms with Crippen LogP contribution in [0.2, 0.25) is 0 Å². The Morgan fingerprint density at radius 2 is 1.24 bits per heavy atom. The summed E-state index contributed by atoms with van der Waals surface area (Å²) in [6, 6.07) is 0. The zero-order valence-corrected chi connectivity index (χ0v) is 20.1. The first-order valence-corrected chi connectivity index (χ1v) is 12.0. The van der Waals surface area contributed by atoms with E-state index in [-0.39, 0.29) is 5.91 Å². The number of nitrogens with two attached hydrogens (primary N) is 1. The lowest BCUT2D eigenvalue weighted by Gasteiger charge is -2.08. The van der Waals surface area contributed by atoms with E-state index in [1.807, 2.05) is 0 Å². The molecule has 0 aliphatic carbocycles. The molecule has 12 heteroatoms. The van der Waals surface area contributed by atoms with Crippen molar-refractivity contribution in [2.24, 2.45) is 10.8 Å². The second-order valence-corrected chi connectivity index (χ2v) is 7.21. The Morgan fingerprint density at radius 3 is 1.82 bits per heavy atom. The number of amides is 1. The molecule has 0 aromatic rings. The Labute approximate surface area is 198 Å². The molecule has 0 saturated carbocycles. The van der Waals surface area contributed by atoms with Gasteiger partial charge in [-0.25, -0.2) is 0 Å². The lowest BCUT2D eigenvalue weighted by atomic mass is 10.3. The fraction of sp³-hybridized carbons (Fsp3) is 0.952. The zero-order chi connectivity index (χ0) is 24.1. The molecule has 1 amide bonds. The number of carbonyl (C=O) groups excluding carboxylic acids is 1. The van der Waals surface area contributed by atoms with Gasteiger partial charge in [-0.15, -0.1) is 0 Å². The number of hydrogen-bond donors (Lipinski definition) is 4. The van der Waals surface area contributed by atoms with Crippen molar-refractivity contribution in [1.29, 1.82) is 0 Å². The number of rotatable bonds is 27. The van der Waals surface area contributed by atoms with Gasteiger partial charge in [0.2, 0.25) is 5.91 Å². The first-order valence-electron chi connectivity index (χ1n) is 12.0. The summed E-state index contributed by atoms with van der Waals surface area (Å²) in [6.07, 6.45) is 4.60. The summed E-state index contributed by atoms with van der Waals surface area (Å²) in [6.45, 7) is 9.25.